The highest BCUT2D eigenvalue weighted by atomic mass is 32.2. The molecule has 126 valence electrons. The van der Waals surface area contributed by atoms with Crippen LogP contribution in [0.1, 0.15) is 33.1 Å². The largest absolute Gasteiger partial charge is 0.358 e. The van der Waals surface area contributed by atoms with Gasteiger partial charge >= 0.3 is 0 Å². The predicted octanol–water partition coefficient (Wildman–Crippen LogP) is 3.10. The smallest absolute Gasteiger partial charge is 0.248 e. The summed E-state index contributed by atoms with van der Waals surface area (Å²) in [6, 6.07) is 10.2. The van der Waals surface area contributed by atoms with Crippen LogP contribution >= 0.6 is 24.0 Å². The quantitative estimate of drug-likeness (QED) is 0.442. The minimum atomic E-state index is -0.0898. The van der Waals surface area contributed by atoms with Crippen LogP contribution in [0.3, 0.4) is 0 Å². The number of nitrogens with one attached hydrogen (secondary N) is 3. The highest BCUT2D eigenvalue weighted by Crippen LogP contribution is 2.29. The van der Waals surface area contributed by atoms with Crippen LogP contribution in [0.4, 0.5) is 0 Å². The van der Waals surface area contributed by atoms with E-state index in [1.807, 2.05) is 30.3 Å². The van der Waals surface area contributed by atoms with Gasteiger partial charge in [0, 0.05) is 10.9 Å². The molecule has 1 aromatic carbocycles. The zero-order valence-electron chi connectivity index (χ0n) is 13.7. The van der Waals surface area contributed by atoms with E-state index in [-0.39, 0.29) is 5.91 Å². The van der Waals surface area contributed by atoms with Gasteiger partial charge in [0.2, 0.25) is 5.91 Å². The summed E-state index contributed by atoms with van der Waals surface area (Å²) in [5.41, 5.74) is 5.46. The zero-order valence-corrected chi connectivity index (χ0v) is 15.3. The van der Waals surface area contributed by atoms with Crippen molar-refractivity contribution in [2.75, 3.05) is 5.75 Å². The second-order valence-corrected chi connectivity index (χ2v) is 7.58. The van der Waals surface area contributed by atoms with Gasteiger partial charge in [0.1, 0.15) is 0 Å². The first-order valence-electron chi connectivity index (χ1n) is 8.09. The summed E-state index contributed by atoms with van der Waals surface area (Å²) in [6.07, 6.45) is 3.64. The third-order valence-electron chi connectivity index (χ3n) is 4.45. The monoisotopic (exact) mass is 351 g/mol. The van der Waals surface area contributed by atoms with Gasteiger partial charge in [-0.25, -0.2) is 0 Å². The third kappa shape index (κ3) is 6.03. The zero-order chi connectivity index (χ0) is 16.7. The Balaban J connectivity index is 1.66. The average Bonchev–Trinajstić information content (AvgIpc) is 2.56. The molecule has 3 atom stereocenters. The van der Waals surface area contributed by atoms with Gasteiger partial charge in [-0.1, -0.05) is 44.9 Å². The highest BCUT2D eigenvalue weighted by Gasteiger charge is 2.27. The number of benzene rings is 1. The average molecular weight is 352 g/mol. The highest BCUT2D eigenvalue weighted by molar-refractivity contribution is 8.00. The van der Waals surface area contributed by atoms with Crippen molar-refractivity contribution in [2.24, 2.45) is 11.8 Å². The second-order valence-electron chi connectivity index (χ2n) is 6.12. The molecule has 0 bridgehead atoms. The molecule has 1 amide bonds. The fraction of sp³-hybridized carbons (Fsp3) is 0.529. The van der Waals surface area contributed by atoms with Gasteiger partial charge in [-0.2, -0.15) is 0 Å². The topological polar surface area (TPSA) is 53.2 Å². The van der Waals surface area contributed by atoms with Crippen LogP contribution in [-0.2, 0) is 4.79 Å². The van der Waals surface area contributed by atoms with Crippen molar-refractivity contribution in [3.8, 4) is 0 Å². The van der Waals surface area contributed by atoms with Crippen molar-refractivity contribution in [2.45, 2.75) is 44.0 Å². The van der Waals surface area contributed by atoms with E-state index in [2.05, 4.69) is 30.0 Å². The number of thiocarbonyl (C=S) groups is 1. The van der Waals surface area contributed by atoms with Crippen LogP contribution in [0.5, 0.6) is 0 Å². The molecule has 1 saturated carbocycles. The number of carbonyl (C=O) groups excluding carboxylic acids is 1. The fourth-order valence-electron chi connectivity index (χ4n) is 2.82. The molecular formula is C17H25N3OS2. The molecule has 4 nitrogen and oxygen atoms in total. The lowest BCUT2D eigenvalue weighted by Gasteiger charge is -2.35. The minimum absolute atomic E-state index is 0.0898. The maximum atomic E-state index is 11.8. The molecule has 1 aromatic rings. The van der Waals surface area contributed by atoms with E-state index in [9.17, 15) is 4.79 Å². The summed E-state index contributed by atoms with van der Waals surface area (Å²) in [5, 5.41) is 3.82. The molecule has 0 spiro atoms. The SMILES string of the molecule is C[C@H]1[C@@H](NC(=S)NNC(=O)CSc2ccccc2)CCC[C@@H]1C. The van der Waals surface area contributed by atoms with Gasteiger partial charge in [0.25, 0.3) is 0 Å². The van der Waals surface area contributed by atoms with Crippen molar-refractivity contribution in [3.63, 3.8) is 0 Å². The Hall–Kier alpha value is -1.27. The molecule has 0 saturated heterocycles. The number of hydrogen-bond acceptors (Lipinski definition) is 3. The van der Waals surface area contributed by atoms with Crippen molar-refractivity contribution in [1.82, 2.24) is 16.2 Å². The molecule has 0 heterocycles. The van der Waals surface area contributed by atoms with E-state index in [1.165, 1.54) is 24.6 Å². The number of rotatable bonds is 4. The van der Waals surface area contributed by atoms with Gasteiger partial charge in [0.15, 0.2) is 5.11 Å². The summed E-state index contributed by atoms with van der Waals surface area (Å²) in [6.45, 7) is 4.55. The summed E-state index contributed by atoms with van der Waals surface area (Å²) >= 11 is 6.78. The predicted molar refractivity (Wildman–Crippen MR) is 100 cm³/mol. The van der Waals surface area contributed by atoms with E-state index < -0.39 is 0 Å². The molecule has 0 aliphatic heterocycles. The number of hydrazine groups is 1. The number of hydrogen-bond donors (Lipinski definition) is 3. The molecule has 0 radical (unpaired) electrons. The fourth-order valence-corrected chi connectivity index (χ4v) is 3.74. The van der Waals surface area contributed by atoms with Crippen molar-refractivity contribution >= 4 is 35.0 Å². The molecule has 0 aromatic heterocycles. The Bertz CT molecular complexity index is 524. The molecule has 1 aliphatic carbocycles. The van der Waals surface area contributed by atoms with Crippen LogP contribution in [0.2, 0.25) is 0 Å². The molecule has 3 N–H and O–H groups in total. The number of amides is 1. The van der Waals surface area contributed by atoms with Gasteiger partial charge in [-0.3, -0.25) is 15.6 Å². The normalized spacial score (nSPS) is 23.8. The Morgan fingerprint density at radius 3 is 2.70 bits per heavy atom. The van der Waals surface area contributed by atoms with E-state index in [4.69, 9.17) is 12.2 Å². The maximum absolute atomic E-state index is 11.8. The van der Waals surface area contributed by atoms with Gasteiger partial charge in [0.05, 0.1) is 5.75 Å². The van der Waals surface area contributed by atoms with Gasteiger partial charge in [-0.15, -0.1) is 11.8 Å². The van der Waals surface area contributed by atoms with Gasteiger partial charge in [-0.05, 0) is 42.6 Å². The first kappa shape index (κ1) is 18.1. The van der Waals surface area contributed by atoms with Crippen molar-refractivity contribution in [1.29, 1.82) is 0 Å². The van der Waals surface area contributed by atoms with E-state index >= 15 is 0 Å². The van der Waals surface area contributed by atoms with Crippen LogP contribution in [-0.4, -0.2) is 22.8 Å². The first-order valence-corrected chi connectivity index (χ1v) is 9.49. The summed E-state index contributed by atoms with van der Waals surface area (Å²) in [5.74, 6) is 1.57. The molecule has 23 heavy (non-hydrogen) atoms. The first-order chi connectivity index (χ1) is 11.1. The standard InChI is InChI=1S/C17H25N3OS2/c1-12-7-6-10-15(13(12)2)18-17(22)20-19-16(21)11-23-14-8-4-3-5-9-14/h3-5,8-9,12-13,15H,6-7,10-11H2,1-2H3,(H,19,21)(H2,18,20,22)/t12-,13+,15-/m0/s1. The lowest BCUT2D eigenvalue weighted by atomic mass is 9.78. The lowest BCUT2D eigenvalue weighted by Crippen LogP contribution is -2.52. The summed E-state index contributed by atoms with van der Waals surface area (Å²) in [4.78, 5) is 12.9. The van der Waals surface area contributed by atoms with Gasteiger partial charge < -0.3 is 5.32 Å². The van der Waals surface area contributed by atoms with Crippen LogP contribution < -0.4 is 16.2 Å². The van der Waals surface area contributed by atoms with Crippen molar-refractivity contribution < 1.29 is 4.79 Å². The molecule has 1 aliphatic rings. The molecule has 1 fully saturated rings. The van der Waals surface area contributed by atoms with Crippen LogP contribution in [0, 0.1) is 11.8 Å². The summed E-state index contributed by atoms with van der Waals surface area (Å²) < 4.78 is 0. The molecular weight excluding hydrogens is 326 g/mol. The van der Waals surface area contributed by atoms with Crippen molar-refractivity contribution in [3.05, 3.63) is 30.3 Å². The summed E-state index contributed by atoms with van der Waals surface area (Å²) in [7, 11) is 0. The third-order valence-corrected chi connectivity index (χ3v) is 5.68. The Morgan fingerprint density at radius 1 is 1.22 bits per heavy atom. The second kappa shape index (κ2) is 9.13. The lowest BCUT2D eigenvalue weighted by molar-refractivity contribution is -0.119. The number of thioether (sulfide) groups is 1. The molecule has 2 rings (SSSR count). The van der Waals surface area contributed by atoms with E-state index in [1.54, 1.807) is 0 Å². The Labute approximate surface area is 148 Å². The minimum Gasteiger partial charge on any atom is -0.358 e. The molecule has 6 heteroatoms. The Kier molecular flexibility index (Phi) is 7.17. The van der Waals surface area contributed by atoms with E-state index in [0.29, 0.717) is 28.7 Å². The molecule has 0 unspecified atom stereocenters. The van der Waals surface area contributed by atoms with Crippen LogP contribution in [0.25, 0.3) is 0 Å². The number of carbonyl (C=O) groups is 1. The van der Waals surface area contributed by atoms with E-state index in [0.717, 1.165) is 11.3 Å². The Morgan fingerprint density at radius 2 is 1.96 bits per heavy atom. The maximum Gasteiger partial charge on any atom is 0.248 e. The van der Waals surface area contributed by atoms with Crippen LogP contribution in [0.15, 0.2) is 35.2 Å².